The Balaban J connectivity index is 2.19. The summed E-state index contributed by atoms with van der Waals surface area (Å²) in [6.45, 7) is -0.172. The number of ether oxygens (including phenoxy) is 2. The van der Waals surface area contributed by atoms with Crippen LogP contribution in [0.15, 0.2) is 36.4 Å². The second kappa shape index (κ2) is 10.6. The van der Waals surface area contributed by atoms with Crippen LogP contribution in [0.5, 0.6) is 11.5 Å². The maximum absolute atomic E-state index is 12.7. The topological polar surface area (TPSA) is 95.7 Å². The fourth-order valence-corrected chi connectivity index (χ4v) is 2.88. The minimum atomic E-state index is -4.58. The van der Waals surface area contributed by atoms with Gasteiger partial charge in [-0.15, -0.1) is 0 Å². The van der Waals surface area contributed by atoms with E-state index in [2.05, 4.69) is 15.9 Å². The number of Topliss-reactive ketones (excluding diaryl/α,β-unsaturated/α-hetero) is 1. The van der Waals surface area contributed by atoms with Crippen molar-refractivity contribution in [2.45, 2.75) is 19.0 Å². The highest BCUT2D eigenvalue weighted by Gasteiger charge is 2.31. The number of ketones is 1. The van der Waals surface area contributed by atoms with Gasteiger partial charge in [0, 0.05) is 18.1 Å². The quantitative estimate of drug-likeness (QED) is 0.186. The van der Waals surface area contributed by atoms with Crippen molar-refractivity contribution >= 4 is 45.0 Å². The van der Waals surface area contributed by atoms with Crippen LogP contribution in [0.1, 0.15) is 17.5 Å². The van der Waals surface area contributed by atoms with Crippen molar-refractivity contribution in [3.63, 3.8) is 0 Å². The van der Waals surface area contributed by atoms with Gasteiger partial charge in [-0.05, 0) is 30.3 Å². The van der Waals surface area contributed by atoms with Gasteiger partial charge in [-0.25, -0.2) is 0 Å². The van der Waals surface area contributed by atoms with Gasteiger partial charge in [0.15, 0.2) is 0 Å². The molecule has 2 aromatic rings. The van der Waals surface area contributed by atoms with Gasteiger partial charge in [0.1, 0.15) is 17.3 Å². The maximum Gasteiger partial charge on any atom is 0.416 e. The normalized spacial score (nSPS) is 11.1. The first kappa shape index (κ1) is 24.6. The molecule has 12 heteroatoms. The highest BCUT2D eigenvalue weighted by Crippen LogP contribution is 2.37. The lowest BCUT2D eigenvalue weighted by Crippen LogP contribution is -2.13. The number of esters is 1. The highest BCUT2D eigenvalue weighted by atomic mass is 79.9. The van der Waals surface area contributed by atoms with Gasteiger partial charge in [-0.2, -0.15) is 13.2 Å². The Morgan fingerprint density at radius 3 is 2.45 bits per heavy atom. The number of benzene rings is 2. The predicted octanol–water partition coefficient (Wildman–Crippen LogP) is 5.50. The van der Waals surface area contributed by atoms with E-state index in [-0.39, 0.29) is 51.9 Å². The monoisotopic (exact) mass is 523 g/mol. The Morgan fingerprint density at radius 2 is 1.87 bits per heavy atom. The molecule has 2 aromatic carbocycles. The number of halogens is 5. The van der Waals surface area contributed by atoms with E-state index in [1.165, 1.54) is 12.1 Å². The third-order valence-electron chi connectivity index (χ3n) is 3.86. The lowest BCUT2D eigenvalue weighted by atomic mass is 10.1. The summed E-state index contributed by atoms with van der Waals surface area (Å²) in [6.07, 6.45) is -5.06. The van der Waals surface area contributed by atoms with Crippen molar-refractivity contribution in [1.82, 2.24) is 0 Å². The summed E-state index contributed by atoms with van der Waals surface area (Å²) >= 11 is 8.82. The largest absolute Gasteiger partial charge is 0.465 e. The van der Waals surface area contributed by atoms with Crippen molar-refractivity contribution in [1.29, 1.82) is 0 Å². The van der Waals surface area contributed by atoms with E-state index in [0.717, 1.165) is 18.2 Å². The average molecular weight is 525 g/mol. The number of hydrogen-bond donors (Lipinski definition) is 0. The zero-order valence-electron chi connectivity index (χ0n) is 15.6. The van der Waals surface area contributed by atoms with Gasteiger partial charge >= 0.3 is 12.1 Å². The number of hydrogen-bond acceptors (Lipinski definition) is 6. The number of carbonyl (C=O) groups excluding carboxylic acids is 2. The lowest BCUT2D eigenvalue weighted by Gasteiger charge is -2.12. The van der Waals surface area contributed by atoms with Crippen molar-refractivity contribution < 1.29 is 37.2 Å². The zero-order chi connectivity index (χ0) is 23.2. The van der Waals surface area contributed by atoms with Gasteiger partial charge < -0.3 is 9.47 Å². The van der Waals surface area contributed by atoms with Crippen LogP contribution in [-0.2, 0) is 26.9 Å². The molecule has 166 valence electrons. The second-order valence-corrected chi connectivity index (χ2v) is 7.08. The first-order valence-electron chi connectivity index (χ1n) is 8.56. The van der Waals surface area contributed by atoms with Gasteiger partial charge in [0.05, 0.1) is 33.9 Å². The van der Waals surface area contributed by atoms with Crippen molar-refractivity contribution in [3.8, 4) is 11.5 Å². The summed E-state index contributed by atoms with van der Waals surface area (Å²) in [5, 5.41) is 11.0. The summed E-state index contributed by atoms with van der Waals surface area (Å²) in [6, 6.07) is 5.98. The fourth-order valence-electron chi connectivity index (χ4n) is 2.38. The maximum atomic E-state index is 12.7. The van der Waals surface area contributed by atoms with Crippen LogP contribution in [0.3, 0.4) is 0 Å². The number of nitrogens with zero attached hydrogens (tertiary/aromatic N) is 1. The summed E-state index contributed by atoms with van der Waals surface area (Å²) < 4.78 is 48.6. The van der Waals surface area contributed by atoms with Crippen LogP contribution in [-0.4, -0.2) is 28.6 Å². The highest BCUT2D eigenvalue weighted by molar-refractivity contribution is 9.09. The summed E-state index contributed by atoms with van der Waals surface area (Å²) in [7, 11) is 0. The van der Waals surface area contributed by atoms with Crippen LogP contribution in [0.2, 0.25) is 5.02 Å². The number of nitro groups is 1. The molecule has 0 aliphatic rings. The van der Waals surface area contributed by atoms with E-state index in [9.17, 15) is 32.9 Å². The second-order valence-electron chi connectivity index (χ2n) is 6.11. The molecule has 0 N–H and O–H groups in total. The van der Waals surface area contributed by atoms with E-state index in [0.29, 0.717) is 6.07 Å². The predicted molar refractivity (Wildman–Crippen MR) is 108 cm³/mol. The molecule has 0 aromatic heterocycles. The summed E-state index contributed by atoms with van der Waals surface area (Å²) in [4.78, 5) is 33.7. The molecule has 0 amide bonds. The van der Waals surface area contributed by atoms with E-state index < -0.39 is 29.1 Å². The minimum Gasteiger partial charge on any atom is -0.465 e. The van der Waals surface area contributed by atoms with Crippen LogP contribution >= 0.6 is 27.5 Å². The average Bonchev–Trinajstić information content (AvgIpc) is 2.68. The minimum absolute atomic E-state index is 0.00530. The summed E-state index contributed by atoms with van der Waals surface area (Å²) in [5.41, 5.74) is -1.38. The molecule has 0 saturated carbocycles. The standard InChI is InChI=1S/C19H14BrClF3NO6/c20-10-13(26)5-6-30-18(27)8-11-7-14(2-3-16(11)25(28)29)31-17-4-1-12(9-15(17)21)19(22,23)24/h1-4,7,9H,5-6,8,10H2. The van der Waals surface area contributed by atoms with Crippen LogP contribution in [0.25, 0.3) is 0 Å². The molecule has 7 nitrogen and oxygen atoms in total. The van der Waals surface area contributed by atoms with Gasteiger partial charge in [0.2, 0.25) is 0 Å². The molecule has 2 rings (SSSR count). The Hall–Kier alpha value is -2.66. The molecule has 0 atom stereocenters. The van der Waals surface area contributed by atoms with E-state index in [1.807, 2.05) is 0 Å². The molecule has 0 fully saturated rings. The van der Waals surface area contributed by atoms with E-state index >= 15 is 0 Å². The molecule has 31 heavy (non-hydrogen) atoms. The third kappa shape index (κ3) is 7.21. The van der Waals surface area contributed by atoms with Gasteiger partial charge in [-0.1, -0.05) is 27.5 Å². The molecule has 0 unspecified atom stereocenters. The third-order valence-corrected chi connectivity index (χ3v) is 4.78. The van der Waals surface area contributed by atoms with Crippen molar-refractivity contribution in [2.75, 3.05) is 11.9 Å². The Labute approximate surface area is 187 Å². The molecule has 0 saturated heterocycles. The molecule has 0 aliphatic heterocycles. The Morgan fingerprint density at radius 1 is 1.16 bits per heavy atom. The van der Waals surface area contributed by atoms with E-state index in [1.54, 1.807) is 0 Å². The van der Waals surface area contributed by atoms with Crippen LogP contribution in [0.4, 0.5) is 18.9 Å². The fraction of sp³-hybridized carbons (Fsp3) is 0.263. The molecule has 0 bridgehead atoms. The van der Waals surface area contributed by atoms with E-state index in [4.69, 9.17) is 21.1 Å². The number of nitro benzene ring substituents is 1. The molecule has 0 aliphatic carbocycles. The first-order chi connectivity index (χ1) is 14.5. The smallest absolute Gasteiger partial charge is 0.416 e. The Kier molecular flexibility index (Phi) is 8.40. The van der Waals surface area contributed by atoms with Crippen LogP contribution < -0.4 is 4.74 Å². The van der Waals surface area contributed by atoms with Gasteiger partial charge in [0.25, 0.3) is 5.69 Å². The number of alkyl halides is 4. The molecular formula is C19H14BrClF3NO6. The molecule has 0 heterocycles. The molecule has 0 radical (unpaired) electrons. The zero-order valence-corrected chi connectivity index (χ0v) is 17.9. The van der Waals surface area contributed by atoms with Crippen molar-refractivity contribution in [3.05, 3.63) is 62.7 Å². The van der Waals surface area contributed by atoms with Crippen molar-refractivity contribution in [2.24, 2.45) is 0 Å². The molecular weight excluding hydrogens is 511 g/mol. The molecule has 0 spiro atoms. The first-order valence-corrected chi connectivity index (χ1v) is 10.1. The number of rotatable bonds is 9. The Bertz CT molecular complexity index is 999. The van der Waals surface area contributed by atoms with Crippen LogP contribution in [0, 0.1) is 10.1 Å². The lowest BCUT2D eigenvalue weighted by molar-refractivity contribution is -0.385. The number of carbonyl (C=O) groups is 2. The summed E-state index contributed by atoms with van der Waals surface area (Å²) in [5.74, 6) is -1.06. The SMILES string of the molecule is O=C(CBr)CCOC(=O)Cc1cc(Oc2ccc(C(F)(F)F)cc2Cl)ccc1[N+](=O)[O-]. The van der Waals surface area contributed by atoms with Gasteiger partial charge in [-0.3, -0.25) is 19.7 Å².